The van der Waals surface area contributed by atoms with Crippen LogP contribution in [-0.2, 0) is 27.5 Å². The van der Waals surface area contributed by atoms with Gasteiger partial charge in [-0.1, -0.05) is 25.6 Å². The highest BCUT2D eigenvalue weighted by atomic mass is 32.2. The van der Waals surface area contributed by atoms with Gasteiger partial charge in [0.1, 0.15) is 15.7 Å². The van der Waals surface area contributed by atoms with Gasteiger partial charge in [0.25, 0.3) is 0 Å². The van der Waals surface area contributed by atoms with Crippen molar-refractivity contribution in [2.45, 2.75) is 63.9 Å². The van der Waals surface area contributed by atoms with Gasteiger partial charge >= 0.3 is 0 Å². The third kappa shape index (κ3) is 4.67. The number of aromatic nitrogens is 2. The SMILES string of the molecule is Cc1nc(SCC(=O)N(CC(C)C)[C@@H]2CCS(=O)(=O)C2)c2c3c(sc2n1)CCCC3. The van der Waals surface area contributed by atoms with Crippen LogP contribution in [0.3, 0.4) is 0 Å². The number of rotatable bonds is 6. The highest BCUT2D eigenvalue weighted by Gasteiger charge is 2.35. The predicted octanol–water partition coefficient (Wildman–Crippen LogP) is 3.64. The van der Waals surface area contributed by atoms with Crippen LogP contribution in [0.1, 0.15) is 49.4 Å². The number of thiophene rings is 1. The summed E-state index contributed by atoms with van der Waals surface area (Å²) in [4.78, 5) is 26.8. The highest BCUT2D eigenvalue weighted by molar-refractivity contribution is 8.00. The average molecular weight is 468 g/mol. The van der Waals surface area contributed by atoms with Crippen LogP contribution in [0.2, 0.25) is 0 Å². The summed E-state index contributed by atoms with van der Waals surface area (Å²) in [5.41, 5.74) is 1.37. The molecule has 6 nitrogen and oxygen atoms in total. The first kappa shape index (κ1) is 22.0. The number of fused-ring (bicyclic) bond motifs is 3. The van der Waals surface area contributed by atoms with E-state index in [9.17, 15) is 13.2 Å². The molecule has 1 saturated heterocycles. The van der Waals surface area contributed by atoms with Crippen molar-refractivity contribution < 1.29 is 13.2 Å². The number of hydrogen-bond acceptors (Lipinski definition) is 7. The molecule has 0 saturated carbocycles. The van der Waals surface area contributed by atoms with E-state index < -0.39 is 9.84 Å². The fraction of sp³-hybridized carbons (Fsp3) is 0.667. The number of thioether (sulfide) groups is 1. The second-order valence-corrected chi connectivity index (χ2v) is 13.0. The van der Waals surface area contributed by atoms with E-state index in [0.29, 0.717) is 18.9 Å². The Bertz CT molecular complexity index is 1060. The third-order valence-electron chi connectivity index (χ3n) is 5.76. The maximum Gasteiger partial charge on any atom is 0.233 e. The van der Waals surface area contributed by atoms with Crippen molar-refractivity contribution in [3.63, 3.8) is 0 Å². The molecule has 1 fully saturated rings. The lowest BCUT2D eigenvalue weighted by Crippen LogP contribution is -2.44. The summed E-state index contributed by atoms with van der Waals surface area (Å²) in [6.07, 6.45) is 5.12. The molecule has 0 radical (unpaired) electrons. The van der Waals surface area contributed by atoms with E-state index in [4.69, 9.17) is 0 Å². The van der Waals surface area contributed by atoms with E-state index in [1.165, 1.54) is 35.0 Å². The van der Waals surface area contributed by atoms with Crippen molar-refractivity contribution in [3.05, 3.63) is 16.3 Å². The molecule has 9 heteroatoms. The molecular weight excluding hydrogens is 438 g/mol. The summed E-state index contributed by atoms with van der Waals surface area (Å²) in [5.74, 6) is 1.57. The summed E-state index contributed by atoms with van der Waals surface area (Å²) in [7, 11) is -3.03. The predicted molar refractivity (Wildman–Crippen MR) is 123 cm³/mol. The molecule has 2 aromatic rings. The Morgan fingerprint density at radius 3 is 2.73 bits per heavy atom. The Morgan fingerprint density at radius 1 is 1.27 bits per heavy atom. The van der Waals surface area contributed by atoms with Crippen molar-refractivity contribution in [2.75, 3.05) is 23.8 Å². The van der Waals surface area contributed by atoms with Gasteiger partial charge in [0, 0.05) is 22.8 Å². The molecule has 2 aliphatic rings. The minimum Gasteiger partial charge on any atom is -0.338 e. The summed E-state index contributed by atoms with van der Waals surface area (Å²) in [6, 6.07) is -0.202. The zero-order chi connectivity index (χ0) is 21.5. The highest BCUT2D eigenvalue weighted by Crippen LogP contribution is 2.39. The van der Waals surface area contributed by atoms with Crippen LogP contribution in [0.15, 0.2) is 5.03 Å². The van der Waals surface area contributed by atoms with Gasteiger partial charge in [-0.2, -0.15) is 0 Å². The molecular formula is C21H29N3O3S3. The Balaban J connectivity index is 1.56. The molecule has 2 aromatic heterocycles. The molecule has 0 spiro atoms. The second kappa shape index (κ2) is 8.74. The lowest BCUT2D eigenvalue weighted by atomic mass is 9.97. The molecule has 164 valence electrons. The van der Waals surface area contributed by atoms with Crippen LogP contribution in [0.4, 0.5) is 0 Å². The maximum absolute atomic E-state index is 13.2. The molecule has 0 aromatic carbocycles. The van der Waals surface area contributed by atoms with E-state index in [1.807, 2.05) is 6.92 Å². The molecule has 4 rings (SSSR count). The smallest absolute Gasteiger partial charge is 0.233 e. The number of sulfone groups is 1. The van der Waals surface area contributed by atoms with Gasteiger partial charge in [-0.15, -0.1) is 11.3 Å². The standard InChI is InChI=1S/C21H29N3O3S3/c1-13(2)10-24(15-8-9-30(26,27)12-15)18(25)11-28-20-19-16-6-4-5-7-17(16)29-21(19)23-14(3)22-20/h13,15H,4-12H2,1-3H3/t15-/m1/s1. The molecule has 1 aliphatic heterocycles. The first-order chi connectivity index (χ1) is 14.2. The van der Waals surface area contributed by atoms with Gasteiger partial charge in [0.05, 0.1) is 17.3 Å². The summed E-state index contributed by atoms with van der Waals surface area (Å²) >= 11 is 3.25. The van der Waals surface area contributed by atoms with Gasteiger partial charge in [0.15, 0.2) is 9.84 Å². The number of carbonyl (C=O) groups is 1. The van der Waals surface area contributed by atoms with Crippen molar-refractivity contribution in [3.8, 4) is 0 Å². The lowest BCUT2D eigenvalue weighted by Gasteiger charge is -2.30. The van der Waals surface area contributed by atoms with Crippen LogP contribution in [0.5, 0.6) is 0 Å². The first-order valence-electron chi connectivity index (χ1n) is 10.6. The molecule has 1 amide bonds. The van der Waals surface area contributed by atoms with Crippen LogP contribution in [0.25, 0.3) is 10.2 Å². The van der Waals surface area contributed by atoms with Gasteiger partial charge in [-0.25, -0.2) is 18.4 Å². The van der Waals surface area contributed by atoms with E-state index in [-0.39, 0.29) is 29.2 Å². The zero-order valence-electron chi connectivity index (χ0n) is 17.8. The molecule has 0 unspecified atom stereocenters. The number of aryl methyl sites for hydroxylation is 3. The maximum atomic E-state index is 13.2. The molecule has 3 heterocycles. The van der Waals surface area contributed by atoms with E-state index >= 15 is 0 Å². The summed E-state index contributed by atoms with van der Waals surface area (Å²) < 4.78 is 23.9. The Morgan fingerprint density at radius 2 is 2.03 bits per heavy atom. The second-order valence-electron chi connectivity index (χ2n) is 8.75. The van der Waals surface area contributed by atoms with E-state index in [1.54, 1.807) is 16.2 Å². The van der Waals surface area contributed by atoms with E-state index in [0.717, 1.165) is 33.9 Å². The third-order valence-corrected chi connectivity index (χ3v) is 9.65. The Kier molecular flexibility index (Phi) is 6.42. The zero-order valence-corrected chi connectivity index (χ0v) is 20.3. The number of hydrogen-bond donors (Lipinski definition) is 0. The van der Waals surface area contributed by atoms with Crippen molar-refractivity contribution in [1.29, 1.82) is 0 Å². The molecule has 1 aliphatic carbocycles. The van der Waals surface area contributed by atoms with Gasteiger partial charge in [0.2, 0.25) is 5.91 Å². The lowest BCUT2D eigenvalue weighted by molar-refractivity contribution is -0.130. The number of nitrogens with zero attached hydrogens (tertiary/aromatic N) is 3. The fourth-order valence-corrected chi connectivity index (χ4v) is 8.50. The molecule has 0 N–H and O–H groups in total. The van der Waals surface area contributed by atoms with Crippen molar-refractivity contribution in [1.82, 2.24) is 14.9 Å². The average Bonchev–Trinajstić information content (AvgIpc) is 3.22. The Hall–Kier alpha value is -1.19. The number of carbonyl (C=O) groups excluding carboxylic acids is 1. The minimum atomic E-state index is -3.03. The van der Waals surface area contributed by atoms with Crippen LogP contribution < -0.4 is 0 Å². The largest absolute Gasteiger partial charge is 0.338 e. The minimum absolute atomic E-state index is 0.00399. The van der Waals surface area contributed by atoms with Gasteiger partial charge in [-0.3, -0.25) is 4.79 Å². The monoisotopic (exact) mass is 467 g/mol. The van der Waals surface area contributed by atoms with Crippen LogP contribution in [-0.4, -0.2) is 59.0 Å². The van der Waals surface area contributed by atoms with E-state index in [2.05, 4.69) is 23.8 Å². The quantitative estimate of drug-likeness (QED) is 0.477. The molecule has 0 bridgehead atoms. The van der Waals surface area contributed by atoms with Crippen LogP contribution >= 0.6 is 23.1 Å². The Labute approximate surface area is 186 Å². The summed E-state index contributed by atoms with van der Waals surface area (Å²) in [5, 5.41) is 2.03. The first-order valence-corrected chi connectivity index (χ1v) is 14.3. The van der Waals surface area contributed by atoms with Crippen molar-refractivity contribution >= 4 is 49.1 Å². The molecule has 30 heavy (non-hydrogen) atoms. The molecule has 1 atom stereocenters. The summed E-state index contributed by atoms with van der Waals surface area (Å²) in [6.45, 7) is 6.61. The van der Waals surface area contributed by atoms with Gasteiger partial charge in [-0.05, 0) is 50.5 Å². The van der Waals surface area contributed by atoms with Crippen LogP contribution in [0, 0.1) is 12.8 Å². The topological polar surface area (TPSA) is 80.2 Å². The fourth-order valence-electron chi connectivity index (χ4n) is 4.41. The normalized spacial score (nSPS) is 20.6. The van der Waals surface area contributed by atoms with Gasteiger partial charge < -0.3 is 4.90 Å². The van der Waals surface area contributed by atoms with Crippen molar-refractivity contribution in [2.24, 2.45) is 5.92 Å². The number of amides is 1.